The molecule has 2 aliphatic rings. The maximum atomic E-state index is 13.8. The summed E-state index contributed by atoms with van der Waals surface area (Å²) in [5.74, 6) is -1.72. The van der Waals surface area contributed by atoms with Crippen LogP contribution in [0.3, 0.4) is 0 Å². The number of hydrogen-bond acceptors (Lipinski definition) is 6. The van der Waals surface area contributed by atoms with E-state index < -0.39 is 23.1 Å². The maximum absolute atomic E-state index is 13.8. The van der Waals surface area contributed by atoms with E-state index in [1.54, 1.807) is 44.2 Å². The first-order chi connectivity index (χ1) is 13.3. The lowest BCUT2D eigenvalue weighted by molar-refractivity contribution is -0.141. The third-order valence-electron chi connectivity index (χ3n) is 4.92. The van der Waals surface area contributed by atoms with E-state index in [4.69, 9.17) is 15.2 Å². The molecule has 2 N–H and O–H groups in total. The molecule has 0 radical (unpaired) electrons. The molecule has 28 heavy (non-hydrogen) atoms. The number of rotatable bonds is 5. The average molecular weight is 382 g/mol. The minimum atomic E-state index is -1.72. The van der Waals surface area contributed by atoms with Crippen LogP contribution in [-0.2, 0) is 29.3 Å². The molecule has 0 saturated heterocycles. The number of esters is 1. The lowest BCUT2D eigenvalue weighted by Gasteiger charge is -2.36. The Balaban J connectivity index is 2.44. The van der Waals surface area contributed by atoms with Crippen LogP contribution < -0.4 is 10.6 Å². The van der Waals surface area contributed by atoms with E-state index in [9.17, 15) is 14.4 Å². The lowest BCUT2D eigenvalue weighted by atomic mass is 9.66. The second-order valence-electron chi connectivity index (χ2n) is 6.52. The Morgan fingerprint density at radius 2 is 2.00 bits per heavy atom. The second kappa shape index (κ2) is 6.99. The number of anilines is 1. The van der Waals surface area contributed by atoms with Crippen molar-refractivity contribution in [3.8, 4) is 0 Å². The molecule has 0 fully saturated rings. The molecule has 1 atom stereocenters. The quantitative estimate of drug-likeness (QED) is 0.618. The predicted molar refractivity (Wildman–Crippen MR) is 103 cm³/mol. The van der Waals surface area contributed by atoms with E-state index in [0.29, 0.717) is 11.3 Å². The third-order valence-corrected chi connectivity index (χ3v) is 4.92. The van der Waals surface area contributed by atoms with Gasteiger partial charge >= 0.3 is 5.97 Å². The summed E-state index contributed by atoms with van der Waals surface area (Å²) >= 11 is 0. The number of ketones is 1. The molecule has 1 spiro atoms. The molecule has 1 aromatic rings. The molecular formula is C21H22N2O5. The third kappa shape index (κ3) is 2.46. The van der Waals surface area contributed by atoms with Gasteiger partial charge in [0.25, 0.3) is 0 Å². The Hall–Kier alpha value is -3.35. The number of Topliss-reactive ketones (excluding diaryl/α,β-unsaturated/α-hetero) is 1. The molecule has 1 aromatic carbocycles. The molecule has 0 saturated carbocycles. The number of nitrogens with two attached hydrogens (primary N) is 1. The number of ether oxygens (including phenoxy) is 2. The van der Waals surface area contributed by atoms with Gasteiger partial charge in [-0.15, -0.1) is 6.58 Å². The minimum Gasteiger partial charge on any atom is -0.462 e. The molecule has 0 aromatic heterocycles. The van der Waals surface area contributed by atoms with Crippen molar-refractivity contribution < 1.29 is 23.9 Å². The van der Waals surface area contributed by atoms with Gasteiger partial charge in [0.2, 0.25) is 11.8 Å². The van der Waals surface area contributed by atoms with E-state index >= 15 is 0 Å². The summed E-state index contributed by atoms with van der Waals surface area (Å²) in [5.41, 5.74) is 5.33. The van der Waals surface area contributed by atoms with Gasteiger partial charge in [0, 0.05) is 17.8 Å². The van der Waals surface area contributed by atoms with Crippen molar-refractivity contribution >= 4 is 23.3 Å². The zero-order valence-electron chi connectivity index (χ0n) is 16.1. The van der Waals surface area contributed by atoms with Gasteiger partial charge in [-0.1, -0.05) is 24.3 Å². The van der Waals surface area contributed by atoms with Crippen LogP contribution in [0.5, 0.6) is 0 Å². The molecule has 0 unspecified atom stereocenters. The fraction of sp³-hybridized carbons (Fsp3) is 0.286. The van der Waals surface area contributed by atoms with E-state index in [-0.39, 0.29) is 35.9 Å². The molecule has 3 rings (SSSR count). The van der Waals surface area contributed by atoms with Crippen molar-refractivity contribution in [3.05, 3.63) is 65.3 Å². The van der Waals surface area contributed by atoms with Gasteiger partial charge < -0.3 is 20.1 Å². The first-order valence-electron chi connectivity index (χ1n) is 8.92. The van der Waals surface area contributed by atoms with Crippen LogP contribution in [0.1, 0.15) is 26.3 Å². The number of allylic oxidation sites excluding steroid dienone is 1. The second-order valence-corrected chi connectivity index (χ2v) is 6.52. The standard InChI is InChI=1S/C21H22N2O5/c1-5-11-23-15-10-8-7-9-14(15)21(20(23)26)16(12(3)24)13(4)28-18(22)17(21)19(25)27-6-2/h5,7-10H,1,6,11,22H2,2-4H3/t21-/m1/s1. The lowest BCUT2D eigenvalue weighted by Crippen LogP contribution is -2.50. The molecule has 2 aliphatic heterocycles. The van der Waals surface area contributed by atoms with E-state index in [1.165, 1.54) is 11.8 Å². The monoisotopic (exact) mass is 382 g/mol. The smallest absolute Gasteiger partial charge is 0.341 e. The summed E-state index contributed by atoms with van der Waals surface area (Å²) < 4.78 is 10.7. The van der Waals surface area contributed by atoms with Crippen molar-refractivity contribution in [2.75, 3.05) is 18.1 Å². The molecule has 7 heteroatoms. The highest BCUT2D eigenvalue weighted by atomic mass is 16.5. The van der Waals surface area contributed by atoms with Crippen molar-refractivity contribution in [2.24, 2.45) is 5.73 Å². The zero-order chi connectivity index (χ0) is 20.6. The number of carbonyl (C=O) groups is 3. The summed E-state index contributed by atoms with van der Waals surface area (Å²) in [5, 5.41) is 0. The topological polar surface area (TPSA) is 98.9 Å². The van der Waals surface area contributed by atoms with E-state index in [2.05, 4.69) is 6.58 Å². The van der Waals surface area contributed by atoms with Crippen LogP contribution in [0.15, 0.2) is 59.7 Å². The SMILES string of the molecule is C=CCN1C(=O)[C@@]2(C(C(C)=O)=C(C)OC(N)=C2C(=O)OCC)c2ccccc21. The predicted octanol–water partition coefficient (Wildman–Crippen LogP) is 2.08. The number of hydrogen-bond donors (Lipinski definition) is 1. The van der Waals surface area contributed by atoms with Crippen molar-refractivity contribution in [2.45, 2.75) is 26.2 Å². The number of benzene rings is 1. The summed E-state index contributed by atoms with van der Waals surface area (Å²) in [6, 6.07) is 6.99. The van der Waals surface area contributed by atoms with Crippen molar-refractivity contribution in [1.29, 1.82) is 0 Å². The molecule has 0 bridgehead atoms. The number of para-hydroxylation sites is 1. The molecule has 146 valence electrons. The fourth-order valence-electron chi connectivity index (χ4n) is 4.06. The number of amides is 1. The summed E-state index contributed by atoms with van der Waals surface area (Å²) in [7, 11) is 0. The highest BCUT2D eigenvalue weighted by Gasteiger charge is 2.62. The average Bonchev–Trinajstić information content (AvgIpc) is 2.85. The number of nitrogens with zero attached hydrogens (tertiary/aromatic N) is 1. The van der Waals surface area contributed by atoms with Gasteiger partial charge in [0.1, 0.15) is 16.7 Å². The van der Waals surface area contributed by atoms with Crippen LogP contribution in [0.4, 0.5) is 5.69 Å². The number of carbonyl (C=O) groups excluding carboxylic acids is 3. The van der Waals surface area contributed by atoms with Gasteiger partial charge in [0.15, 0.2) is 5.78 Å². The van der Waals surface area contributed by atoms with Crippen LogP contribution >= 0.6 is 0 Å². The highest BCUT2D eigenvalue weighted by molar-refractivity contribution is 6.22. The fourth-order valence-corrected chi connectivity index (χ4v) is 4.06. The summed E-state index contributed by atoms with van der Waals surface area (Å²) in [4.78, 5) is 40.9. The van der Waals surface area contributed by atoms with Crippen LogP contribution in [0, 0.1) is 0 Å². The van der Waals surface area contributed by atoms with Crippen LogP contribution in [0.25, 0.3) is 0 Å². The maximum Gasteiger partial charge on any atom is 0.341 e. The summed E-state index contributed by atoms with van der Waals surface area (Å²) in [6.07, 6.45) is 1.58. The Labute approximate surface area is 163 Å². The van der Waals surface area contributed by atoms with Crippen molar-refractivity contribution in [1.82, 2.24) is 0 Å². The Bertz CT molecular complexity index is 959. The molecular weight excluding hydrogens is 360 g/mol. The van der Waals surface area contributed by atoms with Gasteiger partial charge in [-0.3, -0.25) is 9.59 Å². The Morgan fingerprint density at radius 1 is 1.32 bits per heavy atom. The highest BCUT2D eigenvalue weighted by Crippen LogP contribution is 2.54. The Kier molecular flexibility index (Phi) is 4.85. The largest absolute Gasteiger partial charge is 0.462 e. The van der Waals surface area contributed by atoms with Crippen LogP contribution in [0.2, 0.25) is 0 Å². The Morgan fingerprint density at radius 3 is 2.61 bits per heavy atom. The zero-order valence-corrected chi connectivity index (χ0v) is 16.1. The first kappa shape index (κ1) is 19.4. The van der Waals surface area contributed by atoms with Crippen molar-refractivity contribution in [3.63, 3.8) is 0 Å². The minimum absolute atomic E-state index is 0.0776. The van der Waals surface area contributed by atoms with E-state index in [0.717, 1.165) is 0 Å². The molecule has 0 aliphatic carbocycles. The molecule has 7 nitrogen and oxygen atoms in total. The first-order valence-corrected chi connectivity index (χ1v) is 8.92. The number of fused-ring (bicyclic) bond motifs is 2. The van der Waals surface area contributed by atoms with Gasteiger partial charge in [0.05, 0.1) is 12.2 Å². The normalized spacial score (nSPS) is 21.0. The van der Waals surface area contributed by atoms with Gasteiger partial charge in [-0.25, -0.2) is 4.79 Å². The van der Waals surface area contributed by atoms with Crippen LogP contribution in [-0.4, -0.2) is 30.8 Å². The van der Waals surface area contributed by atoms with Gasteiger partial charge in [-0.05, 0) is 26.8 Å². The van der Waals surface area contributed by atoms with E-state index in [1.807, 2.05) is 0 Å². The van der Waals surface area contributed by atoms with Gasteiger partial charge in [-0.2, -0.15) is 0 Å². The molecule has 1 amide bonds. The molecule has 2 heterocycles. The summed E-state index contributed by atoms with van der Waals surface area (Å²) in [6.45, 7) is 8.53.